The number of carbonyl (C=O) groups is 1. The van der Waals surface area contributed by atoms with Crippen LogP contribution < -0.4 is 0 Å². The van der Waals surface area contributed by atoms with Crippen molar-refractivity contribution in [3.05, 3.63) is 0 Å². The van der Waals surface area contributed by atoms with Gasteiger partial charge in [0.05, 0.1) is 6.42 Å². The smallest absolute Gasteiger partial charge is 0.304 e. The molecule has 2 aliphatic carbocycles. The highest BCUT2D eigenvalue weighted by atomic mass is 16.4. The van der Waals surface area contributed by atoms with Crippen LogP contribution in [0.5, 0.6) is 0 Å². The Balaban J connectivity index is 1.37. The fourth-order valence-corrected chi connectivity index (χ4v) is 4.38. The second kappa shape index (κ2) is 5.80. The molecule has 3 unspecified atom stereocenters. The summed E-state index contributed by atoms with van der Waals surface area (Å²) in [7, 11) is 0. The lowest BCUT2D eigenvalue weighted by atomic mass is 9.88. The summed E-state index contributed by atoms with van der Waals surface area (Å²) in [6, 6.07) is 0. The number of nitrogens with zero attached hydrogens (tertiary/aromatic N) is 2. The second-order valence-corrected chi connectivity index (χ2v) is 6.72. The van der Waals surface area contributed by atoms with Crippen molar-refractivity contribution in [2.45, 2.75) is 32.1 Å². The molecule has 0 radical (unpaired) electrons. The summed E-state index contributed by atoms with van der Waals surface area (Å²) in [5.74, 6) is 2.36. The van der Waals surface area contributed by atoms with Crippen LogP contribution >= 0.6 is 0 Å². The fraction of sp³-hybridized carbons (Fsp3) is 0.933. The molecule has 0 amide bonds. The Hall–Kier alpha value is -0.610. The molecule has 0 aromatic carbocycles. The lowest BCUT2D eigenvalue weighted by molar-refractivity contribution is -0.137. The van der Waals surface area contributed by atoms with E-state index in [1.165, 1.54) is 32.2 Å². The van der Waals surface area contributed by atoms with Gasteiger partial charge in [0, 0.05) is 39.3 Å². The van der Waals surface area contributed by atoms with Gasteiger partial charge in [0.2, 0.25) is 0 Å². The van der Waals surface area contributed by atoms with E-state index >= 15 is 0 Å². The molecule has 108 valence electrons. The Kier molecular flexibility index (Phi) is 4.08. The molecule has 0 aromatic heterocycles. The number of rotatable bonds is 5. The average molecular weight is 266 g/mol. The third-order valence-corrected chi connectivity index (χ3v) is 5.48. The predicted octanol–water partition coefficient (Wildman–Crippen LogP) is 1.51. The van der Waals surface area contributed by atoms with Gasteiger partial charge in [0.15, 0.2) is 0 Å². The Morgan fingerprint density at radius 2 is 1.79 bits per heavy atom. The van der Waals surface area contributed by atoms with Crippen LogP contribution in [0.15, 0.2) is 0 Å². The van der Waals surface area contributed by atoms with Crippen molar-refractivity contribution >= 4 is 5.97 Å². The van der Waals surface area contributed by atoms with E-state index in [-0.39, 0.29) is 6.42 Å². The van der Waals surface area contributed by atoms with Crippen molar-refractivity contribution < 1.29 is 9.90 Å². The van der Waals surface area contributed by atoms with Crippen LogP contribution in [-0.4, -0.2) is 60.1 Å². The number of fused-ring (bicyclic) bond motifs is 2. The summed E-state index contributed by atoms with van der Waals surface area (Å²) in [6.07, 6.45) is 6.23. The number of carboxylic acid groups (broad SMARTS) is 1. The number of aliphatic carboxylic acids is 1. The molecule has 2 bridgehead atoms. The van der Waals surface area contributed by atoms with Gasteiger partial charge in [-0.1, -0.05) is 6.42 Å². The molecule has 3 fully saturated rings. The highest BCUT2D eigenvalue weighted by Gasteiger charge is 2.40. The molecule has 1 N–H and O–H groups in total. The molecular formula is C15H26N2O2. The van der Waals surface area contributed by atoms with Crippen molar-refractivity contribution in [2.24, 2.45) is 17.8 Å². The van der Waals surface area contributed by atoms with Crippen molar-refractivity contribution in [1.29, 1.82) is 0 Å². The quantitative estimate of drug-likeness (QED) is 0.819. The zero-order valence-electron chi connectivity index (χ0n) is 11.8. The summed E-state index contributed by atoms with van der Waals surface area (Å²) < 4.78 is 0. The molecule has 4 heteroatoms. The maximum absolute atomic E-state index is 10.6. The minimum atomic E-state index is -0.676. The first kappa shape index (κ1) is 13.4. The molecule has 19 heavy (non-hydrogen) atoms. The van der Waals surface area contributed by atoms with Crippen molar-refractivity contribution in [2.75, 3.05) is 39.3 Å². The van der Waals surface area contributed by atoms with Crippen LogP contribution in [0, 0.1) is 17.8 Å². The maximum Gasteiger partial charge on any atom is 0.304 e. The average Bonchev–Trinajstić information content (AvgIpc) is 3.00. The van der Waals surface area contributed by atoms with Gasteiger partial charge in [-0.3, -0.25) is 4.79 Å². The summed E-state index contributed by atoms with van der Waals surface area (Å²) in [5.41, 5.74) is 0. The first-order chi connectivity index (χ1) is 9.20. The summed E-state index contributed by atoms with van der Waals surface area (Å²) in [5, 5.41) is 8.71. The zero-order chi connectivity index (χ0) is 13.2. The minimum absolute atomic E-state index is 0.284. The standard InChI is InChI=1S/C15H26N2O2/c18-15(19)3-4-16-5-7-17(8-6-16)11-14-10-12-1-2-13(14)9-12/h12-14H,1-11H2,(H,18,19). The van der Waals surface area contributed by atoms with E-state index in [0.29, 0.717) is 0 Å². The molecule has 2 saturated carbocycles. The maximum atomic E-state index is 10.6. The molecule has 3 aliphatic rings. The lowest BCUT2D eigenvalue weighted by Crippen LogP contribution is -2.48. The molecule has 0 aromatic rings. The Labute approximate surface area is 115 Å². The molecule has 3 rings (SSSR count). The number of hydrogen-bond acceptors (Lipinski definition) is 3. The van der Waals surface area contributed by atoms with Crippen LogP contribution in [0.4, 0.5) is 0 Å². The molecule has 4 nitrogen and oxygen atoms in total. The predicted molar refractivity (Wildman–Crippen MR) is 74.1 cm³/mol. The summed E-state index contributed by atoms with van der Waals surface area (Å²) >= 11 is 0. The first-order valence-corrected chi connectivity index (χ1v) is 7.87. The number of hydrogen-bond donors (Lipinski definition) is 1. The van der Waals surface area contributed by atoms with Crippen LogP contribution in [0.1, 0.15) is 32.1 Å². The molecule has 1 saturated heterocycles. The third-order valence-electron chi connectivity index (χ3n) is 5.48. The first-order valence-electron chi connectivity index (χ1n) is 7.87. The van der Waals surface area contributed by atoms with Crippen molar-refractivity contribution in [3.8, 4) is 0 Å². The number of piperazine rings is 1. The van der Waals surface area contributed by atoms with Gasteiger partial charge >= 0.3 is 5.97 Å². The van der Waals surface area contributed by atoms with Gasteiger partial charge in [-0.15, -0.1) is 0 Å². The lowest BCUT2D eigenvalue weighted by Gasteiger charge is -2.37. The van der Waals surface area contributed by atoms with Crippen molar-refractivity contribution in [1.82, 2.24) is 9.80 Å². The van der Waals surface area contributed by atoms with Gasteiger partial charge in [0.25, 0.3) is 0 Å². The third kappa shape index (κ3) is 3.29. The fourth-order valence-electron chi connectivity index (χ4n) is 4.38. The van der Waals surface area contributed by atoms with Gasteiger partial charge in [-0.05, 0) is 37.0 Å². The Morgan fingerprint density at radius 3 is 2.37 bits per heavy atom. The van der Waals surface area contributed by atoms with E-state index < -0.39 is 5.97 Å². The van der Waals surface area contributed by atoms with E-state index in [9.17, 15) is 4.79 Å². The van der Waals surface area contributed by atoms with Crippen LogP contribution in [0.2, 0.25) is 0 Å². The van der Waals surface area contributed by atoms with E-state index in [2.05, 4.69) is 9.80 Å². The Morgan fingerprint density at radius 1 is 1.05 bits per heavy atom. The van der Waals surface area contributed by atoms with E-state index in [1.807, 2.05) is 0 Å². The van der Waals surface area contributed by atoms with Gasteiger partial charge in [-0.25, -0.2) is 0 Å². The van der Waals surface area contributed by atoms with Crippen LogP contribution in [0.25, 0.3) is 0 Å². The van der Waals surface area contributed by atoms with Gasteiger partial charge < -0.3 is 14.9 Å². The van der Waals surface area contributed by atoms with Gasteiger partial charge in [0.1, 0.15) is 0 Å². The van der Waals surface area contributed by atoms with Gasteiger partial charge in [-0.2, -0.15) is 0 Å². The monoisotopic (exact) mass is 266 g/mol. The highest BCUT2D eigenvalue weighted by Crippen LogP contribution is 2.48. The van der Waals surface area contributed by atoms with E-state index in [0.717, 1.165) is 50.5 Å². The largest absolute Gasteiger partial charge is 0.481 e. The van der Waals surface area contributed by atoms with Crippen LogP contribution in [0.3, 0.4) is 0 Å². The molecule has 1 aliphatic heterocycles. The molecular weight excluding hydrogens is 240 g/mol. The molecule has 1 heterocycles. The van der Waals surface area contributed by atoms with E-state index in [1.54, 1.807) is 0 Å². The minimum Gasteiger partial charge on any atom is -0.481 e. The summed E-state index contributed by atoms with van der Waals surface area (Å²) in [6.45, 7) is 6.38. The Bertz CT molecular complexity index is 326. The number of carboxylic acids is 1. The SMILES string of the molecule is O=C(O)CCN1CCN(CC2CC3CCC2C3)CC1. The highest BCUT2D eigenvalue weighted by molar-refractivity contribution is 5.66. The van der Waals surface area contributed by atoms with Crippen LogP contribution in [-0.2, 0) is 4.79 Å². The van der Waals surface area contributed by atoms with E-state index in [4.69, 9.17) is 5.11 Å². The normalized spacial score (nSPS) is 35.9. The zero-order valence-corrected chi connectivity index (χ0v) is 11.8. The molecule has 3 atom stereocenters. The molecule has 0 spiro atoms. The summed E-state index contributed by atoms with van der Waals surface area (Å²) in [4.78, 5) is 15.5. The van der Waals surface area contributed by atoms with Crippen molar-refractivity contribution in [3.63, 3.8) is 0 Å². The second-order valence-electron chi connectivity index (χ2n) is 6.72. The topological polar surface area (TPSA) is 43.8 Å².